The van der Waals surface area contributed by atoms with Gasteiger partial charge in [-0.1, -0.05) is 12.2 Å². The molecule has 0 unspecified atom stereocenters. The zero-order valence-electron chi connectivity index (χ0n) is 9.95. The quantitative estimate of drug-likeness (QED) is 0.316. The number of rotatable bonds is 5. The second-order valence-corrected chi connectivity index (χ2v) is 3.85. The van der Waals surface area contributed by atoms with Crippen LogP contribution in [0.1, 0.15) is 6.92 Å². The maximum Gasteiger partial charge on any atom is 0.191 e. The number of guanidine groups is 1. The van der Waals surface area contributed by atoms with Crippen molar-refractivity contribution in [3.05, 3.63) is 12.2 Å². The van der Waals surface area contributed by atoms with Gasteiger partial charge in [0.15, 0.2) is 5.96 Å². The van der Waals surface area contributed by atoms with Gasteiger partial charge in [0, 0.05) is 13.1 Å². The molecule has 0 atom stereocenters. The van der Waals surface area contributed by atoms with E-state index in [2.05, 4.69) is 11.6 Å². The van der Waals surface area contributed by atoms with Gasteiger partial charge in [-0.15, -0.1) is 0 Å². The molecule has 92 valence electrons. The highest BCUT2D eigenvalue weighted by molar-refractivity contribution is 5.78. The highest BCUT2D eigenvalue weighted by Crippen LogP contribution is 1.96. The van der Waals surface area contributed by atoms with Crippen molar-refractivity contribution in [2.45, 2.75) is 6.92 Å². The molecule has 1 heterocycles. The molecule has 0 bridgehead atoms. The first-order valence-corrected chi connectivity index (χ1v) is 5.55. The molecule has 0 amide bonds. The maximum atomic E-state index is 5.84. The van der Waals surface area contributed by atoms with Gasteiger partial charge >= 0.3 is 0 Å². The molecule has 0 aromatic heterocycles. The fourth-order valence-corrected chi connectivity index (χ4v) is 1.36. The fourth-order valence-electron chi connectivity index (χ4n) is 1.36. The van der Waals surface area contributed by atoms with Gasteiger partial charge in [0.05, 0.1) is 33.0 Å². The van der Waals surface area contributed by atoms with Crippen molar-refractivity contribution in [3.63, 3.8) is 0 Å². The van der Waals surface area contributed by atoms with Gasteiger partial charge in [0.2, 0.25) is 0 Å². The summed E-state index contributed by atoms with van der Waals surface area (Å²) in [6, 6.07) is 0. The van der Waals surface area contributed by atoms with Gasteiger partial charge in [0.25, 0.3) is 0 Å². The molecule has 0 spiro atoms. The lowest BCUT2D eigenvalue weighted by Crippen LogP contribution is -2.44. The molecule has 5 heteroatoms. The number of morpholine rings is 1. The van der Waals surface area contributed by atoms with Crippen LogP contribution in [0.25, 0.3) is 0 Å². The number of nitrogens with two attached hydrogens (primary N) is 1. The van der Waals surface area contributed by atoms with Crippen LogP contribution in [0, 0.1) is 0 Å². The Morgan fingerprint density at radius 1 is 1.50 bits per heavy atom. The van der Waals surface area contributed by atoms with Crippen LogP contribution in [0.2, 0.25) is 0 Å². The van der Waals surface area contributed by atoms with Crippen LogP contribution in [-0.4, -0.2) is 56.9 Å². The smallest absolute Gasteiger partial charge is 0.191 e. The number of ether oxygens (including phenoxy) is 2. The highest BCUT2D eigenvalue weighted by atomic mass is 16.5. The van der Waals surface area contributed by atoms with Crippen molar-refractivity contribution >= 4 is 5.96 Å². The van der Waals surface area contributed by atoms with Crippen LogP contribution in [-0.2, 0) is 9.47 Å². The summed E-state index contributed by atoms with van der Waals surface area (Å²) in [5, 5.41) is 0. The second kappa shape index (κ2) is 7.24. The summed E-state index contributed by atoms with van der Waals surface area (Å²) in [7, 11) is 0. The molecule has 1 saturated heterocycles. The third-order valence-corrected chi connectivity index (χ3v) is 2.19. The predicted molar refractivity (Wildman–Crippen MR) is 64.5 cm³/mol. The van der Waals surface area contributed by atoms with Crippen molar-refractivity contribution in [2.24, 2.45) is 10.7 Å². The van der Waals surface area contributed by atoms with E-state index in [1.165, 1.54) is 0 Å². The average molecular weight is 227 g/mol. The Kier molecular flexibility index (Phi) is 5.88. The topological polar surface area (TPSA) is 60.1 Å². The standard InChI is InChI=1S/C11H21N3O2/c1-10(2)9-16-6-3-13-11(12)14-4-7-15-8-5-14/h1,3-9H2,2H3,(H2,12,13). The molecule has 16 heavy (non-hydrogen) atoms. The van der Waals surface area contributed by atoms with Crippen molar-refractivity contribution in [1.29, 1.82) is 0 Å². The predicted octanol–water partition coefficient (Wildman–Crippen LogP) is 0.226. The van der Waals surface area contributed by atoms with Gasteiger partial charge in [-0.3, -0.25) is 4.99 Å². The fraction of sp³-hybridized carbons (Fsp3) is 0.727. The molecule has 0 saturated carbocycles. The zero-order valence-corrected chi connectivity index (χ0v) is 9.95. The minimum atomic E-state index is 0.581. The summed E-state index contributed by atoms with van der Waals surface area (Å²) in [6.07, 6.45) is 0. The summed E-state index contributed by atoms with van der Waals surface area (Å²) in [5.41, 5.74) is 6.86. The molecule has 0 aromatic carbocycles. The second-order valence-electron chi connectivity index (χ2n) is 3.85. The Morgan fingerprint density at radius 3 is 2.81 bits per heavy atom. The third-order valence-electron chi connectivity index (χ3n) is 2.19. The van der Waals surface area contributed by atoms with Gasteiger partial charge in [-0.25, -0.2) is 0 Å². The molecule has 5 nitrogen and oxygen atoms in total. The third kappa shape index (κ3) is 5.14. The largest absolute Gasteiger partial charge is 0.378 e. The summed E-state index contributed by atoms with van der Waals surface area (Å²) >= 11 is 0. The number of hydrogen-bond acceptors (Lipinski definition) is 3. The first kappa shape index (κ1) is 13.0. The van der Waals surface area contributed by atoms with Gasteiger partial charge in [-0.05, 0) is 6.92 Å². The van der Waals surface area contributed by atoms with Crippen LogP contribution in [0.15, 0.2) is 17.1 Å². The lowest BCUT2D eigenvalue weighted by atomic mass is 10.4. The van der Waals surface area contributed by atoms with Crippen LogP contribution in [0.4, 0.5) is 0 Å². The normalized spacial score (nSPS) is 17.6. The Morgan fingerprint density at radius 2 is 2.19 bits per heavy atom. The Labute approximate surface area is 96.9 Å². The summed E-state index contributed by atoms with van der Waals surface area (Å²) in [4.78, 5) is 6.28. The first-order chi connectivity index (χ1) is 7.70. The molecule has 1 fully saturated rings. The van der Waals surface area contributed by atoms with Crippen LogP contribution < -0.4 is 5.73 Å². The SMILES string of the molecule is C=C(C)COCCN=C(N)N1CCOCC1. The van der Waals surface area contributed by atoms with Crippen molar-refractivity contribution < 1.29 is 9.47 Å². The minimum absolute atomic E-state index is 0.581. The van der Waals surface area contributed by atoms with E-state index in [0.717, 1.165) is 31.9 Å². The van der Waals surface area contributed by atoms with Gasteiger partial charge in [0.1, 0.15) is 0 Å². The molecule has 1 aliphatic heterocycles. The van der Waals surface area contributed by atoms with Crippen LogP contribution in [0.3, 0.4) is 0 Å². The van der Waals surface area contributed by atoms with E-state index < -0.39 is 0 Å². The van der Waals surface area contributed by atoms with E-state index in [0.29, 0.717) is 25.7 Å². The molecule has 1 rings (SSSR count). The maximum absolute atomic E-state index is 5.84. The van der Waals surface area contributed by atoms with E-state index in [-0.39, 0.29) is 0 Å². The van der Waals surface area contributed by atoms with E-state index in [4.69, 9.17) is 15.2 Å². The van der Waals surface area contributed by atoms with Gasteiger partial charge in [-0.2, -0.15) is 0 Å². The Bertz CT molecular complexity index is 248. The van der Waals surface area contributed by atoms with Crippen molar-refractivity contribution in [1.82, 2.24) is 4.90 Å². The average Bonchev–Trinajstić information content (AvgIpc) is 2.29. The molecule has 0 aromatic rings. The first-order valence-electron chi connectivity index (χ1n) is 5.55. The number of nitrogens with zero attached hydrogens (tertiary/aromatic N) is 2. The molecule has 2 N–H and O–H groups in total. The van der Waals surface area contributed by atoms with Crippen molar-refractivity contribution in [3.8, 4) is 0 Å². The molecule has 1 aliphatic rings. The monoisotopic (exact) mass is 227 g/mol. The molecular formula is C11H21N3O2. The van der Waals surface area contributed by atoms with E-state index in [9.17, 15) is 0 Å². The summed E-state index contributed by atoms with van der Waals surface area (Å²) < 4.78 is 10.6. The number of aliphatic imine (C=N–C) groups is 1. The zero-order chi connectivity index (χ0) is 11.8. The van der Waals surface area contributed by atoms with Crippen molar-refractivity contribution in [2.75, 3.05) is 46.1 Å². The number of hydrogen-bond donors (Lipinski definition) is 1. The molecule has 0 radical (unpaired) electrons. The minimum Gasteiger partial charge on any atom is -0.378 e. The molecule has 0 aliphatic carbocycles. The van der Waals surface area contributed by atoms with E-state index in [1.54, 1.807) is 0 Å². The molecular weight excluding hydrogens is 206 g/mol. The Hall–Kier alpha value is -1.07. The van der Waals surface area contributed by atoms with E-state index in [1.807, 2.05) is 11.8 Å². The highest BCUT2D eigenvalue weighted by Gasteiger charge is 2.11. The lowest BCUT2D eigenvalue weighted by Gasteiger charge is -2.27. The van der Waals surface area contributed by atoms with Crippen LogP contribution >= 0.6 is 0 Å². The van der Waals surface area contributed by atoms with Gasteiger partial charge < -0.3 is 20.1 Å². The van der Waals surface area contributed by atoms with E-state index >= 15 is 0 Å². The van der Waals surface area contributed by atoms with Crippen LogP contribution in [0.5, 0.6) is 0 Å². The Balaban J connectivity index is 2.14. The summed E-state index contributed by atoms with van der Waals surface area (Å²) in [5.74, 6) is 0.585. The summed E-state index contributed by atoms with van der Waals surface area (Å²) in [6.45, 7) is 10.5. The lowest BCUT2D eigenvalue weighted by molar-refractivity contribution is 0.0673.